The van der Waals surface area contributed by atoms with Gasteiger partial charge in [-0.25, -0.2) is 19.6 Å². The molecule has 2 aromatic heterocycles. The van der Waals surface area contributed by atoms with E-state index in [0.717, 1.165) is 24.0 Å². The monoisotopic (exact) mass is 300 g/mol. The number of pyridine rings is 2. The molecule has 0 radical (unpaired) electrons. The van der Waals surface area contributed by atoms with E-state index in [9.17, 15) is 9.59 Å². The molecule has 0 spiro atoms. The van der Waals surface area contributed by atoms with Crippen LogP contribution in [0.15, 0.2) is 36.7 Å². The molecule has 2 aromatic rings. The molecule has 22 heavy (non-hydrogen) atoms. The van der Waals surface area contributed by atoms with Crippen LogP contribution in [0, 0.1) is 0 Å². The van der Waals surface area contributed by atoms with Crippen LogP contribution in [0.2, 0.25) is 0 Å². The summed E-state index contributed by atoms with van der Waals surface area (Å²) in [5, 5.41) is 17.8. The van der Waals surface area contributed by atoms with Crippen molar-refractivity contribution in [2.75, 3.05) is 0 Å². The lowest BCUT2D eigenvalue weighted by molar-refractivity contribution is 0.0680. The fraction of sp³-hybridized carbons (Fsp3) is 0.250. The molecule has 114 valence electrons. The second kappa shape index (κ2) is 6.80. The van der Waals surface area contributed by atoms with Crippen LogP contribution >= 0.6 is 0 Å². The third-order valence-electron chi connectivity index (χ3n) is 3.39. The van der Waals surface area contributed by atoms with Crippen LogP contribution < -0.4 is 0 Å². The lowest BCUT2D eigenvalue weighted by Crippen LogP contribution is -2.07. The molecule has 6 nitrogen and oxygen atoms in total. The van der Waals surface area contributed by atoms with Gasteiger partial charge in [-0.1, -0.05) is 25.5 Å². The predicted octanol–water partition coefficient (Wildman–Crippen LogP) is 2.81. The highest BCUT2D eigenvalue weighted by molar-refractivity contribution is 5.85. The standard InChI is InChI=1S/C16H16N2O4/c1-2-3-12(10-4-6-13(15(19)20)17-8-10)11-5-7-14(16(21)22)18-9-11/h4-9,12H,2-3H2,1H3,(H,19,20)(H,21,22). The van der Waals surface area contributed by atoms with Gasteiger partial charge >= 0.3 is 11.9 Å². The van der Waals surface area contributed by atoms with E-state index >= 15 is 0 Å². The highest BCUT2D eigenvalue weighted by atomic mass is 16.4. The Morgan fingerprint density at radius 2 is 1.41 bits per heavy atom. The number of aromatic nitrogens is 2. The van der Waals surface area contributed by atoms with Crippen molar-refractivity contribution in [3.63, 3.8) is 0 Å². The number of carbonyl (C=O) groups is 2. The Labute approximate surface area is 127 Å². The summed E-state index contributed by atoms with van der Waals surface area (Å²) in [6, 6.07) is 6.42. The number of nitrogens with zero attached hydrogens (tertiary/aromatic N) is 2. The van der Waals surface area contributed by atoms with Crippen molar-refractivity contribution in [3.8, 4) is 0 Å². The van der Waals surface area contributed by atoms with E-state index in [-0.39, 0.29) is 17.3 Å². The molecular weight excluding hydrogens is 284 g/mol. The minimum Gasteiger partial charge on any atom is -0.477 e. The highest BCUT2D eigenvalue weighted by Crippen LogP contribution is 2.28. The first kappa shape index (κ1) is 15.6. The van der Waals surface area contributed by atoms with Crippen LogP contribution in [-0.2, 0) is 0 Å². The zero-order chi connectivity index (χ0) is 16.1. The van der Waals surface area contributed by atoms with Crippen molar-refractivity contribution in [2.45, 2.75) is 25.7 Å². The molecule has 0 bridgehead atoms. The van der Waals surface area contributed by atoms with Gasteiger partial charge in [-0.15, -0.1) is 0 Å². The maximum atomic E-state index is 10.9. The van der Waals surface area contributed by atoms with Gasteiger partial charge < -0.3 is 10.2 Å². The number of carboxylic acids is 2. The Morgan fingerprint density at radius 3 is 1.68 bits per heavy atom. The van der Waals surface area contributed by atoms with Crippen LogP contribution in [-0.4, -0.2) is 32.1 Å². The quantitative estimate of drug-likeness (QED) is 0.850. The van der Waals surface area contributed by atoms with Crippen LogP contribution in [0.1, 0.15) is 57.8 Å². The average molecular weight is 300 g/mol. The van der Waals surface area contributed by atoms with Crippen LogP contribution in [0.4, 0.5) is 0 Å². The first-order chi connectivity index (χ1) is 10.5. The Balaban J connectivity index is 2.32. The van der Waals surface area contributed by atoms with E-state index in [4.69, 9.17) is 10.2 Å². The summed E-state index contributed by atoms with van der Waals surface area (Å²) >= 11 is 0. The average Bonchev–Trinajstić information content (AvgIpc) is 2.53. The van der Waals surface area contributed by atoms with Crippen LogP contribution in [0.5, 0.6) is 0 Å². The topological polar surface area (TPSA) is 100 Å². The van der Waals surface area contributed by atoms with Gasteiger partial charge in [-0.05, 0) is 29.7 Å². The molecule has 0 atom stereocenters. The van der Waals surface area contributed by atoms with Crippen molar-refractivity contribution < 1.29 is 19.8 Å². The van der Waals surface area contributed by atoms with Crippen LogP contribution in [0.25, 0.3) is 0 Å². The Hall–Kier alpha value is -2.76. The Kier molecular flexibility index (Phi) is 4.83. The zero-order valence-corrected chi connectivity index (χ0v) is 12.1. The SMILES string of the molecule is CCCC(c1ccc(C(=O)O)nc1)c1ccc(C(=O)O)nc1. The molecule has 0 aliphatic rings. The summed E-state index contributed by atoms with van der Waals surface area (Å²) in [6.45, 7) is 2.05. The van der Waals surface area contributed by atoms with E-state index in [1.54, 1.807) is 24.5 Å². The minimum atomic E-state index is -1.06. The van der Waals surface area contributed by atoms with E-state index in [2.05, 4.69) is 9.97 Å². The van der Waals surface area contributed by atoms with Gasteiger partial charge in [0.05, 0.1) is 0 Å². The molecule has 2 heterocycles. The Bertz CT molecular complexity index is 608. The molecule has 2 rings (SSSR count). The molecule has 0 fully saturated rings. The summed E-state index contributed by atoms with van der Waals surface area (Å²) in [6.07, 6.45) is 4.86. The summed E-state index contributed by atoms with van der Waals surface area (Å²) < 4.78 is 0. The van der Waals surface area contributed by atoms with Crippen molar-refractivity contribution >= 4 is 11.9 Å². The van der Waals surface area contributed by atoms with Gasteiger partial charge in [-0.3, -0.25) is 0 Å². The van der Waals surface area contributed by atoms with Gasteiger partial charge in [0.15, 0.2) is 0 Å². The summed E-state index contributed by atoms with van der Waals surface area (Å²) in [5.74, 6) is -2.12. The largest absolute Gasteiger partial charge is 0.477 e. The molecule has 0 saturated carbocycles. The normalized spacial score (nSPS) is 10.6. The van der Waals surface area contributed by atoms with Gasteiger partial charge in [0.1, 0.15) is 11.4 Å². The van der Waals surface area contributed by atoms with Crippen molar-refractivity contribution in [1.82, 2.24) is 9.97 Å². The second-order valence-electron chi connectivity index (χ2n) is 4.91. The maximum Gasteiger partial charge on any atom is 0.354 e. The van der Waals surface area contributed by atoms with E-state index < -0.39 is 11.9 Å². The molecule has 0 saturated heterocycles. The molecule has 0 aromatic carbocycles. The van der Waals surface area contributed by atoms with Crippen LogP contribution in [0.3, 0.4) is 0 Å². The molecule has 0 aliphatic heterocycles. The number of carboxylic acid groups (broad SMARTS) is 2. The van der Waals surface area contributed by atoms with Gasteiger partial charge in [0, 0.05) is 18.3 Å². The molecule has 0 aliphatic carbocycles. The second-order valence-corrected chi connectivity index (χ2v) is 4.91. The number of rotatable bonds is 6. The van der Waals surface area contributed by atoms with Gasteiger partial charge in [0.2, 0.25) is 0 Å². The van der Waals surface area contributed by atoms with E-state index in [1.165, 1.54) is 12.1 Å². The molecule has 6 heteroatoms. The van der Waals surface area contributed by atoms with Crippen molar-refractivity contribution in [1.29, 1.82) is 0 Å². The summed E-state index contributed by atoms with van der Waals surface area (Å²) in [4.78, 5) is 29.6. The van der Waals surface area contributed by atoms with E-state index in [1.807, 2.05) is 6.92 Å². The van der Waals surface area contributed by atoms with E-state index in [0.29, 0.717) is 0 Å². The van der Waals surface area contributed by atoms with Gasteiger partial charge in [0.25, 0.3) is 0 Å². The maximum absolute atomic E-state index is 10.9. The zero-order valence-electron chi connectivity index (χ0n) is 12.1. The predicted molar refractivity (Wildman–Crippen MR) is 79.1 cm³/mol. The third-order valence-corrected chi connectivity index (χ3v) is 3.39. The lowest BCUT2D eigenvalue weighted by Gasteiger charge is -2.16. The summed E-state index contributed by atoms with van der Waals surface area (Å²) in [7, 11) is 0. The fourth-order valence-corrected chi connectivity index (χ4v) is 2.29. The van der Waals surface area contributed by atoms with Gasteiger partial charge in [-0.2, -0.15) is 0 Å². The highest BCUT2D eigenvalue weighted by Gasteiger charge is 2.16. The number of hydrogen-bond donors (Lipinski definition) is 2. The number of aromatic carboxylic acids is 2. The Morgan fingerprint density at radius 1 is 0.955 bits per heavy atom. The fourth-order valence-electron chi connectivity index (χ4n) is 2.29. The third kappa shape index (κ3) is 3.46. The van der Waals surface area contributed by atoms with Crippen molar-refractivity contribution in [3.05, 3.63) is 59.2 Å². The molecule has 0 amide bonds. The minimum absolute atomic E-state index is 0.00153. The smallest absolute Gasteiger partial charge is 0.354 e. The first-order valence-corrected chi connectivity index (χ1v) is 6.91. The number of hydrogen-bond acceptors (Lipinski definition) is 4. The molecular formula is C16H16N2O4. The molecule has 0 unspecified atom stereocenters. The summed E-state index contributed by atoms with van der Waals surface area (Å²) in [5.41, 5.74) is 1.77. The molecule has 2 N–H and O–H groups in total. The first-order valence-electron chi connectivity index (χ1n) is 6.91. The van der Waals surface area contributed by atoms with Crippen molar-refractivity contribution in [2.24, 2.45) is 0 Å². The lowest BCUT2D eigenvalue weighted by atomic mass is 9.89.